The standard InChI is InChI=1S/C16H21N3O/c1-20-16-7-4-6-15(10-16)19-12-13(11-18-19)9-14-5-2-3-8-17-14/h4,6-7,10-12,14,17H,2-3,5,8-9H2,1H3. The number of hydrogen-bond acceptors (Lipinski definition) is 3. The van der Waals surface area contributed by atoms with Gasteiger partial charge >= 0.3 is 0 Å². The van der Waals surface area contributed by atoms with Gasteiger partial charge in [0.25, 0.3) is 0 Å². The summed E-state index contributed by atoms with van der Waals surface area (Å²) in [6.07, 6.45) is 9.05. The number of methoxy groups -OCH3 is 1. The molecule has 4 heteroatoms. The molecule has 4 nitrogen and oxygen atoms in total. The number of nitrogens with one attached hydrogen (secondary N) is 1. The fraction of sp³-hybridized carbons (Fsp3) is 0.438. The molecule has 106 valence electrons. The molecule has 2 aromatic rings. The van der Waals surface area contributed by atoms with Crippen LogP contribution in [0.4, 0.5) is 0 Å². The van der Waals surface area contributed by atoms with Gasteiger partial charge in [0.05, 0.1) is 19.0 Å². The Hall–Kier alpha value is -1.81. The predicted molar refractivity (Wildman–Crippen MR) is 79.5 cm³/mol. The molecule has 1 saturated heterocycles. The number of aromatic nitrogens is 2. The van der Waals surface area contributed by atoms with E-state index >= 15 is 0 Å². The highest BCUT2D eigenvalue weighted by Gasteiger charge is 2.14. The first-order valence-electron chi connectivity index (χ1n) is 7.26. The Labute approximate surface area is 119 Å². The topological polar surface area (TPSA) is 39.1 Å². The van der Waals surface area contributed by atoms with Gasteiger partial charge in [-0.3, -0.25) is 0 Å². The Morgan fingerprint density at radius 3 is 3.15 bits per heavy atom. The average Bonchev–Trinajstić information content (AvgIpc) is 2.97. The van der Waals surface area contributed by atoms with Gasteiger partial charge in [0.15, 0.2) is 0 Å². The highest BCUT2D eigenvalue weighted by atomic mass is 16.5. The van der Waals surface area contributed by atoms with E-state index in [1.165, 1.54) is 24.8 Å². The third-order valence-corrected chi connectivity index (χ3v) is 3.85. The van der Waals surface area contributed by atoms with Crippen LogP contribution in [0, 0.1) is 0 Å². The van der Waals surface area contributed by atoms with Gasteiger partial charge < -0.3 is 10.1 Å². The number of hydrogen-bond donors (Lipinski definition) is 1. The molecule has 0 amide bonds. The van der Waals surface area contributed by atoms with E-state index in [2.05, 4.69) is 16.6 Å². The maximum atomic E-state index is 5.25. The van der Waals surface area contributed by atoms with Gasteiger partial charge in [-0.05, 0) is 43.5 Å². The van der Waals surface area contributed by atoms with Crippen molar-refractivity contribution >= 4 is 0 Å². The Balaban J connectivity index is 1.72. The van der Waals surface area contributed by atoms with E-state index in [4.69, 9.17) is 4.74 Å². The fourth-order valence-corrected chi connectivity index (χ4v) is 2.74. The highest BCUT2D eigenvalue weighted by Crippen LogP contribution is 2.17. The number of rotatable bonds is 4. The third kappa shape index (κ3) is 3.02. The van der Waals surface area contributed by atoms with Crippen LogP contribution < -0.4 is 10.1 Å². The molecular formula is C16H21N3O. The molecule has 2 heterocycles. The first-order chi connectivity index (χ1) is 9.85. The van der Waals surface area contributed by atoms with Gasteiger partial charge in [-0.2, -0.15) is 5.10 Å². The maximum Gasteiger partial charge on any atom is 0.121 e. The molecule has 0 bridgehead atoms. The van der Waals surface area contributed by atoms with Crippen LogP contribution in [0.5, 0.6) is 5.75 Å². The van der Waals surface area contributed by atoms with E-state index in [9.17, 15) is 0 Å². The van der Waals surface area contributed by atoms with E-state index in [-0.39, 0.29) is 0 Å². The Morgan fingerprint density at radius 1 is 1.40 bits per heavy atom. The zero-order valence-corrected chi connectivity index (χ0v) is 11.9. The number of ether oxygens (including phenoxy) is 1. The SMILES string of the molecule is COc1cccc(-n2cc(CC3CCCCN3)cn2)c1. The summed E-state index contributed by atoms with van der Waals surface area (Å²) < 4.78 is 7.17. The molecule has 0 spiro atoms. The van der Waals surface area contributed by atoms with E-state index in [1.54, 1.807) is 7.11 Å². The molecule has 0 radical (unpaired) electrons. The van der Waals surface area contributed by atoms with Gasteiger partial charge in [0.1, 0.15) is 5.75 Å². The van der Waals surface area contributed by atoms with Gasteiger partial charge in [0.2, 0.25) is 0 Å². The summed E-state index contributed by atoms with van der Waals surface area (Å²) in [7, 11) is 1.68. The van der Waals surface area contributed by atoms with Crippen molar-refractivity contribution in [2.45, 2.75) is 31.7 Å². The summed E-state index contributed by atoms with van der Waals surface area (Å²) in [5.74, 6) is 0.855. The highest BCUT2D eigenvalue weighted by molar-refractivity contribution is 5.38. The molecule has 0 aliphatic carbocycles. The van der Waals surface area contributed by atoms with Crippen molar-refractivity contribution in [2.75, 3.05) is 13.7 Å². The summed E-state index contributed by atoms with van der Waals surface area (Å²) in [6, 6.07) is 8.57. The molecule has 1 aliphatic rings. The van der Waals surface area contributed by atoms with Crippen LogP contribution in [0.25, 0.3) is 5.69 Å². The zero-order chi connectivity index (χ0) is 13.8. The van der Waals surface area contributed by atoms with Crippen molar-refractivity contribution < 1.29 is 4.74 Å². The maximum absolute atomic E-state index is 5.25. The zero-order valence-electron chi connectivity index (χ0n) is 11.9. The molecule has 1 unspecified atom stereocenters. The number of piperidine rings is 1. The molecule has 1 N–H and O–H groups in total. The minimum absolute atomic E-state index is 0.603. The smallest absolute Gasteiger partial charge is 0.121 e. The first-order valence-corrected chi connectivity index (χ1v) is 7.26. The monoisotopic (exact) mass is 271 g/mol. The largest absolute Gasteiger partial charge is 0.497 e. The van der Waals surface area contributed by atoms with Gasteiger partial charge in [0, 0.05) is 18.3 Å². The van der Waals surface area contributed by atoms with Crippen molar-refractivity contribution in [2.24, 2.45) is 0 Å². The van der Waals surface area contributed by atoms with E-state index in [0.717, 1.165) is 24.4 Å². The van der Waals surface area contributed by atoms with Crippen molar-refractivity contribution in [1.82, 2.24) is 15.1 Å². The second-order valence-electron chi connectivity index (χ2n) is 5.35. The summed E-state index contributed by atoms with van der Waals surface area (Å²) >= 11 is 0. The van der Waals surface area contributed by atoms with E-state index in [0.29, 0.717) is 6.04 Å². The summed E-state index contributed by atoms with van der Waals surface area (Å²) in [5.41, 5.74) is 2.32. The van der Waals surface area contributed by atoms with Crippen LogP contribution in [-0.2, 0) is 6.42 Å². The lowest BCUT2D eigenvalue weighted by Gasteiger charge is -2.22. The van der Waals surface area contributed by atoms with Crippen LogP contribution in [-0.4, -0.2) is 29.5 Å². The lowest BCUT2D eigenvalue weighted by Crippen LogP contribution is -2.35. The fourth-order valence-electron chi connectivity index (χ4n) is 2.74. The van der Waals surface area contributed by atoms with Gasteiger partial charge in [-0.25, -0.2) is 4.68 Å². The molecule has 1 atom stereocenters. The van der Waals surface area contributed by atoms with E-state index < -0.39 is 0 Å². The van der Waals surface area contributed by atoms with Crippen molar-refractivity contribution in [1.29, 1.82) is 0 Å². The van der Waals surface area contributed by atoms with Crippen LogP contribution >= 0.6 is 0 Å². The molecule has 1 aromatic carbocycles. The molecule has 1 aliphatic heterocycles. The molecular weight excluding hydrogens is 250 g/mol. The van der Waals surface area contributed by atoms with Gasteiger partial charge in [-0.15, -0.1) is 0 Å². The molecule has 1 aromatic heterocycles. The minimum Gasteiger partial charge on any atom is -0.497 e. The third-order valence-electron chi connectivity index (χ3n) is 3.85. The van der Waals surface area contributed by atoms with E-state index in [1.807, 2.05) is 35.1 Å². The molecule has 0 saturated carbocycles. The van der Waals surface area contributed by atoms with Gasteiger partial charge in [-0.1, -0.05) is 12.5 Å². The number of benzene rings is 1. The Bertz CT molecular complexity index is 558. The quantitative estimate of drug-likeness (QED) is 0.929. The van der Waals surface area contributed by atoms with Crippen molar-refractivity contribution in [3.8, 4) is 11.4 Å². The predicted octanol–water partition coefficient (Wildman–Crippen LogP) is 2.57. The van der Waals surface area contributed by atoms with Crippen molar-refractivity contribution in [3.63, 3.8) is 0 Å². The summed E-state index contributed by atoms with van der Waals surface area (Å²) in [6.45, 7) is 1.15. The average molecular weight is 271 g/mol. The van der Waals surface area contributed by atoms with Crippen LogP contribution in [0.2, 0.25) is 0 Å². The first kappa shape index (κ1) is 13.2. The molecule has 20 heavy (non-hydrogen) atoms. The minimum atomic E-state index is 0.603. The molecule has 1 fully saturated rings. The second-order valence-corrected chi connectivity index (χ2v) is 5.35. The lowest BCUT2D eigenvalue weighted by atomic mass is 10.00. The van der Waals surface area contributed by atoms with Crippen LogP contribution in [0.1, 0.15) is 24.8 Å². The second kappa shape index (κ2) is 6.09. The summed E-state index contributed by atoms with van der Waals surface area (Å²) in [4.78, 5) is 0. The molecule has 3 rings (SSSR count). The van der Waals surface area contributed by atoms with Crippen LogP contribution in [0.15, 0.2) is 36.7 Å². The summed E-state index contributed by atoms with van der Waals surface area (Å²) in [5, 5.41) is 8.04. The Morgan fingerprint density at radius 2 is 2.35 bits per heavy atom. The number of nitrogens with zero attached hydrogens (tertiary/aromatic N) is 2. The lowest BCUT2D eigenvalue weighted by molar-refractivity contribution is 0.399. The Kier molecular flexibility index (Phi) is 4.02. The van der Waals surface area contributed by atoms with Crippen LogP contribution in [0.3, 0.4) is 0 Å². The normalized spacial score (nSPS) is 18.9. The van der Waals surface area contributed by atoms with Crippen molar-refractivity contribution in [3.05, 3.63) is 42.2 Å².